The summed E-state index contributed by atoms with van der Waals surface area (Å²) in [6, 6.07) is 13.4. The second-order valence-electron chi connectivity index (χ2n) is 7.29. The van der Waals surface area contributed by atoms with E-state index < -0.39 is 21.1 Å². The normalized spacial score (nSPS) is 16.3. The Morgan fingerprint density at radius 1 is 1.07 bits per heavy atom. The lowest BCUT2D eigenvalue weighted by Gasteiger charge is -2.30. The van der Waals surface area contributed by atoms with Crippen LogP contribution in [0.5, 0.6) is 0 Å². The summed E-state index contributed by atoms with van der Waals surface area (Å²) in [5, 5.41) is 21.8. The smallest absolute Gasteiger partial charge is 0.271 e. The van der Waals surface area contributed by atoms with Crippen molar-refractivity contribution in [1.29, 1.82) is 0 Å². The number of non-ortho nitro benzene ring substituents is 1. The Morgan fingerprint density at radius 3 is 2.41 bits per heavy atom. The number of anilines is 1. The number of nitro benzene ring substituents is 1. The van der Waals surface area contributed by atoms with Gasteiger partial charge in [0.05, 0.1) is 35.1 Å². The molecule has 156 valence electrons. The second kappa shape index (κ2) is 9.34. The van der Waals surface area contributed by atoms with Crippen molar-refractivity contribution in [3.05, 3.63) is 64.7 Å². The fraction of sp³-hybridized carbons (Fsp3) is 0.400. The van der Waals surface area contributed by atoms with Gasteiger partial charge in [0.1, 0.15) is 12.6 Å². The largest absolute Gasteiger partial charge is 0.385 e. The lowest BCUT2D eigenvalue weighted by atomic mass is 10.1. The first-order valence-electron chi connectivity index (χ1n) is 9.72. The van der Waals surface area contributed by atoms with E-state index in [9.17, 15) is 23.6 Å². The lowest BCUT2D eigenvalue weighted by molar-refractivity contribution is -0.907. The molecule has 8 nitrogen and oxygen atoms in total. The summed E-state index contributed by atoms with van der Waals surface area (Å²) in [5.74, 6) is 0. The van der Waals surface area contributed by atoms with Crippen molar-refractivity contribution in [2.24, 2.45) is 0 Å². The summed E-state index contributed by atoms with van der Waals surface area (Å²) in [6.07, 6.45) is 2.49. The van der Waals surface area contributed by atoms with E-state index in [0.717, 1.165) is 30.2 Å². The summed E-state index contributed by atoms with van der Waals surface area (Å²) < 4.78 is 27.6. The molecule has 2 N–H and O–H groups in total. The minimum absolute atomic E-state index is 0.0732. The van der Waals surface area contributed by atoms with Gasteiger partial charge in [-0.3, -0.25) is 14.4 Å². The number of hydrogen-bond acceptors (Lipinski definition) is 5. The summed E-state index contributed by atoms with van der Waals surface area (Å²) in [6.45, 7) is 2.19. The first-order chi connectivity index (χ1) is 13.9. The Hall–Kier alpha value is -2.49. The van der Waals surface area contributed by atoms with E-state index in [4.69, 9.17) is 0 Å². The molecule has 29 heavy (non-hydrogen) atoms. The molecule has 1 heterocycles. The van der Waals surface area contributed by atoms with Gasteiger partial charge in [-0.2, -0.15) is 0 Å². The number of nitrogens with one attached hydrogen (secondary N) is 1. The second-order valence-corrected chi connectivity index (χ2v) is 9.16. The van der Waals surface area contributed by atoms with E-state index in [0.29, 0.717) is 6.54 Å². The van der Waals surface area contributed by atoms with Crippen LogP contribution in [-0.2, 0) is 10.0 Å². The first kappa shape index (κ1) is 21.2. The molecule has 0 radical (unpaired) electrons. The summed E-state index contributed by atoms with van der Waals surface area (Å²) >= 11 is 0. The predicted octanol–water partition coefficient (Wildman–Crippen LogP) is 1.22. The van der Waals surface area contributed by atoms with Crippen molar-refractivity contribution in [1.82, 2.24) is 0 Å². The minimum atomic E-state index is -3.99. The van der Waals surface area contributed by atoms with Gasteiger partial charge in [-0.15, -0.1) is 0 Å². The summed E-state index contributed by atoms with van der Waals surface area (Å²) in [5.41, 5.74) is -0.0392. The fourth-order valence-corrected chi connectivity index (χ4v) is 5.18. The van der Waals surface area contributed by atoms with Gasteiger partial charge in [-0.1, -0.05) is 24.3 Å². The third kappa shape index (κ3) is 5.31. The number of nitrogens with zero attached hydrogens (tertiary/aromatic N) is 2. The average molecular weight is 421 g/mol. The highest BCUT2D eigenvalue weighted by Gasteiger charge is 2.29. The Kier molecular flexibility index (Phi) is 6.83. The van der Waals surface area contributed by atoms with E-state index in [1.165, 1.54) is 47.7 Å². The predicted molar refractivity (Wildman–Crippen MR) is 109 cm³/mol. The van der Waals surface area contributed by atoms with Gasteiger partial charge in [-0.25, -0.2) is 8.42 Å². The third-order valence-electron chi connectivity index (χ3n) is 5.12. The molecular weight excluding hydrogens is 394 g/mol. The summed E-state index contributed by atoms with van der Waals surface area (Å²) in [7, 11) is -3.99. The summed E-state index contributed by atoms with van der Waals surface area (Å²) in [4.78, 5) is 11.9. The molecule has 0 aliphatic carbocycles. The monoisotopic (exact) mass is 420 g/mol. The van der Waals surface area contributed by atoms with Crippen LogP contribution < -0.4 is 9.21 Å². The van der Waals surface area contributed by atoms with E-state index in [1.54, 1.807) is 18.2 Å². The molecule has 1 aliphatic rings. The van der Waals surface area contributed by atoms with Gasteiger partial charge in [0.25, 0.3) is 15.7 Å². The quantitative estimate of drug-likeness (QED) is 0.494. The molecule has 1 atom stereocenters. The van der Waals surface area contributed by atoms with Crippen LogP contribution in [0.25, 0.3) is 0 Å². The third-order valence-corrected chi connectivity index (χ3v) is 6.93. The van der Waals surface area contributed by atoms with Gasteiger partial charge in [0.15, 0.2) is 0 Å². The number of hydrogen-bond donors (Lipinski definition) is 2. The van der Waals surface area contributed by atoms with Crippen molar-refractivity contribution in [3.63, 3.8) is 0 Å². The zero-order valence-corrected chi connectivity index (χ0v) is 16.9. The number of aliphatic hydroxyl groups is 1. The molecule has 1 fully saturated rings. The van der Waals surface area contributed by atoms with E-state index >= 15 is 0 Å². The Balaban J connectivity index is 1.91. The van der Waals surface area contributed by atoms with Gasteiger partial charge in [0.2, 0.25) is 0 Å². The molecule has 1 saturated heterocycles. The fourth-order valence-electron chi connectivity index (χ4n) is 3.67. The van der Waals surface area contributed by atoms with Gasteiger partial charge in [0, 0.05) is 12.1 Å². The van der Waals surface area contributed by atoms with Crippen LogP contribution in [0.4, 0.5) is 11.4 Å². The SMILES string of the molecule is O=[N+]([O-])c1cccc(N(C[C@@H](O)C[NH+]2CCCCC2)S(=O)(=O)c2ccccc2)c1. The van der Waals surface area contributed by atoms with Crippen LogP contribution in [0.1, 0.15) is 19.3 Å². The van der Waals surface area contributed by atoms with Gasteiger partial charge < -0.3 is 10.0 Å². The van der Waals surface area contributed by atoms with Crippen molar-refractivity contribution in [2.45, 2.75) is 30.3 Å². The standard InChI is InChI=1S/C20H25N3O5S/c24-19(15-21-12-5-2-6-13-21)16-22(17-8-7-9-18(14-17)23(25)26)29(27,28)20-10-3-1-4-11-20/h1,3-4,7-11,14,19,24H,2,5-6,12-13,15-16H2/p+1/t19-/m0/s1. The zero-order valence-electron chi connectivity index (χ0n) is 16.1. The highest BCUT2D eigenvalue weighted by Crippen LogP contribution is 2.27. The molecule has 0 amide bonds. The number of sulfonamides is 1. The van der Waals surface area contributed by atoms with Gasteiger partial charge in [-0.05, 0) is 37.5 Å². The van der Waals surface area contributed by atoms with Crippen molar-refractivity contribution >= 4 is 21.4 Å². The number of likely N-dealkylation sites (tertiary alicyclic amines) is 1. The van der Waals surface area contributed by atoms with Crippen molar-refractivity contribution in [2.75, 3.05) is 30.5 Å². The van der Waals surface area contributed by atoms with E-state index in [2.05, 4.69) is 0 Å². The Morgan fingerprint density at radius 2 is 1.76 bits per heavy atom. The van der Waals surface area contributed by atoms with Crippen LogP contribution >= 0.6 is 0 Å². The molecule has 0 saturated carbocycles. The van der Waals surface area contributed by atoms with E-state index in [1.807, 2.05) is 0 Å². The number of rotatable bonds is 8. The van der Waals surface area contributed by atoms with Crippen molar-refractivity contribution in [3.8, 4) is 0 Å². The van der Waals surface area contributed by atoms with Crippen LogP contribution in [0.3, 0.4) is 0 Å². The maximum atomic E-state index is 13.3. The van der Waals surface area contributed by atoms with Crippen LogP contribution in [0, 0.1) is 10.1 Å². The minimum Gasteiger partial charge on any atom is -0.385 e. The molecular formula is C20H26N3O5S+. The molecule has 0 unspecified atom stereocenters. The average Bonchev–Trinajstić information content (AvgIpc) is 2.73. The topological polar surface area (TPSA) is 105 Å². The molecule has 0 bridgehead atoms. The Labute approximate surface area is 170 Å². The van der Waals surface area contributed by atoms with Crippen LogP contribution in [-0.4, -0.2) is 50.7 Å². The van der Waals surface area contributed by atoms with Gasteiger partial charge >= 0.3 is 0 Å². The number of aliphatic hydroxyl groups excluding tert-OH is 1. The highest BCUT2D eigenvalue weighted by molar-refractivity contribution is 7.92. The number of benzene rings is 2. The molecule has 0 spiro atoms. The Bertz CT molecular complexity index is 930. The lowest BCUT2D eigenvalue weighted by Crippen LogP contribution is -3.14. The van der Waals surface area contributed by atoms with Crippen molar-refractivity contribution < 1.29 is 23.3 Å². The maximum Gasteiger partial charge on any atom is 0.271 e. The molecule has 2 aromatic carbocycles. The molecule has 1 aliphatic heterocycles. The van der Waals surface area contributed by atoms with E-state index in [-0.39, 0.29) is 22.8 Å². The number of piperidine rings is 1. The zero-order chi connectivity index (χ0) is 20.9. The number of nitro groups is 1. The van der Waals surface area contributed by atoms with Crippen LogP contribution in [0.2, 0.25) is 0 Å². The highest BCUT2D eigenvalue weighted by atomic mass is 32.2. The first-order valence-corrected chi connectivity index (χ1v) is 11.2. The number of quaternary nitrogens is 1. The molecule has 2 aromatic rings. The molecule has 9 heteroatoms. The maximum absolute atomic E-state index is 13.3. The molecule has 0 aromatic heterocycles. The molecule has 3 rings (SSSR count). The van der Waals surface area contributed by atoms with Crippen LogP contribution in [0.15, 0.2) is 59.5 Å².